The second-order valence-corrected chi connectivity index (χ2v) is 4.62. The Morgan fingerprint density at radius 1 is 1.05 bits per heavy atom. The molecule has 0 fully saturated rings. The van der Waals surface area contributed by atoms with Gasteiger partial charge in [0.05, 0.1) is 5.56 Å². The van der Waals surface area contributed by atoms with E-state index in [0.29, 0.717) is 12.2 Å². The summed E-state index contributed by atoms with van der Waals surface area (Å²) in [6.07, 6.45) is 0. The largest absolute Gasteiger partial charge is 0.478 e. The number of nitrogens with one attached hydrogen (secondary N) is 2. The van der Waals surface area contributed by atoms with E-state index in [2.05, 4.69) is 10.6 Å². The lowest BCUT2D eigenvalue weighted by Gasteiger charge is -2.09. The molecule has 0 spiro atoms. The molecular formula is C16H16N2O3. The van der Waals surface area contributed by atoms with Gasteiger partial charge in [0, 0.05) is 24.8 Å². The highest BCUT2D eigenvalue weighted by Crippen LogP contribution is 2.16. The summed E-state index contributed by atoms with van der Waals surface area (Å²) in [5.41, 5.74) is 2.70. The summed E-state index contributed by atoms with van der Waals surface area (Å²) in [7, 11) is 0. The standard InChI is InChI=1S/C16H16N2O3/c1-11(19)18-15-7-3-6-14(9-15)17-10-12-4-2-5-13(8-12)16(20)21/h2-9,17H,10H2,1H3,(H,18,19)(H,20,21). The molecule has 0 aromatic heterocycles. The van der Waals surface area contributed by atoms with Crippen molar-refractivity contribution in [2.75, 3.05) is 10.6 Å². The van der Waals surface area contributed by atoms with E-state index in [1.165, 1.54) is 6.92 Å². The van der Waals surface area contributed by atoms with Gasteiger partial charge in [-0.15, -0.1) is 0 Å². The predicted octanol–water partition coefficient (Wildman–Crippen LogP) is 2.96. The highest BCUT2D eigenvalue weighted by atomic mass is 16.4. The van der Waals surface area contributed by atoms with Crippen LogP contribution in [-0.4, -0.2) is 17.0 Å². The minimum absolute atomic E-state index is 0.124. The first kappa shape index (κ1) is 14.6. The monoisotopic (exact) mass is 284 g/mol. The Labute approximate surface area is 122 Å². The van der Waals surface area contributed by atoms with Gasteiger partial charge in [-0.3, -0.25) is 4.79 Å². The minimum Gasteiger partial charge on any atom is -0.478 e. The van der Waals surface area contributed by atoms with Crippen molar-refractivity contribution in [1.82, 2.24) is 0 Å². The highest BCUT2D eigenvalue weighted by Gasteiger charge is 2.03. The molecule has 0 heterocycles. The van der Waals surface area contributed by atoms with Crippen LogP contribution in [0.15, 0.2) is 48.5 Å². The third-order valence-corrected chi connectivity index (χ3v) is 2.85. The Morgan fingerprint density at radius 3 is 2.48 bits per heavy atom. The number of aromatic carboxylic acids is 1. The smallest absolute Gasteiger partial charge is 0.335 e. The maximum absolute atomic E-state index is 11.0. The van der Waals surface area contributed by atoms with Crippen LogP contribution in [0.3, 0.4) is 0 Å². The van der Waals surface area contributed by atoms with E-state index >= 15 is 0 Å². The van der Waals surface area contributed by atoms with E-state index < -0.39 is 5.97 Å². The molecule has 108 valence electrons. The number of carbonyl (C=O) groups excluding carboxylic acids is 1. The van der Waals surface area contributed by atoms with Crippen molar-refractivity contribution in [1.29, 1.82) is 0 Å². The molecule has 0 radical (unpaired) electrons. The van der Waals surface area contributed by atoms with Crippen LogP contribution in [-0.2, 0) is 11.3 Å². The van der Waals surface area contributed by atoms with E-state index in [1.807, 2.05) is 24.3 Å². The fraction of sp³-hybridized carbons (Fsp3) is 0.125. The topological polar surface area (TPSA) is 78.4 Å². The van der Waals surface area contributed by atoms with Gasteiger partial charge in [-0.2, -0.15) is 0 Å². The molecule has 5 nitrogen and oxygen atoms in total. The van der Waals surface area contributed by atoms with Gasteiger partial charge in [0.15, 0.2) is 0 Å². The molecule has 0 aliphatic carbocycles. The number of anilines is 2. The van der Waals surface area contributed by atoms with E-state index in [1.54, 1.807) is 24.3 Å². The molecule has 2 aromatic carbocycles. The third-order valence-electron chi connectivity index (χ3n) is 2.85. The second-order valence-electron chi connectivity index (χ2n) is 4.62. The zero-order valence-corrected chi connectivity index (χ0v) is 11.6. The van der Waals surface area contributed by atoms with Crippen molar-refractivity contribution in [3.05, 3.63) is 59.7 Å². The van der Waals surface area contributed by atoms with Crippen molar-refractivity contribution < 1.29 is 14.7 Å². The molecular weight excluding hydrogens is 268 g/mol. The van der Waals surface area contributed by atoms with Crippen molar-refractivity contribution in [2.45, 2.75) is 13.5 Å². The molecule has 0 aliphatic rings. The van der Waals surface area contributed by atoms with Gasteiger partial charge in [0.2, 0.25) is 5.91 Å². The van der Waals surface area contributed by atoms with E-state index in [0.717, 1.165) is 11.3 Å². The summed E-state index contributed by atoms with van der Waals surface area (Å²) in [6.45, 7) is 1.96. The summed E-state index contributed by atoms with van der Waals surface area (Å²) in [6, 6.07) is 14.1. The van der Waals surface area contributed by atoms with Crippen molar-refractivity contribution >= 4 is 23.3 Å². The van der Waals surface area contributed by atoms with Crippen molar-refractivity contribution in [2.24, 2.45) is 0 Å². The molecule has 0 bridgehead atoms. The number of benzene rings is 2. The van der Waals surface area contributed by atoms with E-state index in [4.69, 9.17) is 5.11 Å². The molecule has 0 saturated heterocycles. The fourth-order valence-corrected chi connectivity index (χ4v) is 1.93. The number of carbonyl (C=O) groups is 2. The van der Waals surface area contributed by atoms with Gasteiger partial charge in [0.25, 0.3) is 0 Å². The first-order valence-electron chi connectivity index (χ1n) is 6.48. The Bertz CT molecular complexity index is 668. The first-order chi connectivity index (χ1) is 10.0. The van der Waals surface area contributed by atoms with Crippen LogP contribution in [0.2, 0.25) is 0 Å². The lowest BCUT2D eigenvalue weighted by atomic mass is 10.1. The fourth-order valence-electron chi connectivity index (χ4n) is 1.93. The Morgan fingerprint density at radius 2 is 1.76 bits per heavy atom. The van der Waals surface area contributed by atoms with Crippen LogP contribution >= 0.6 is 0 Å². The highest BCUT2D eigenvalue weighted by molar-refractivity contribution is 5.89. The number of hydrogen-bond acceptors (Lipinski definition) is 3. The number of carboxylic acid groups (broad SMARTS) is 1. The number of hydrogen-bond donors (Lipinski definition) is 3. The Balaban J connectivity index is 2.04. The summed E-state index contributed by atoms with van der Waals surface area (Å²) < 4.78 is 0. The predicted molar refractivity (Wildman–Crippen MR) is 81.5 cm³/mol. The molecule has 5 heteroatoms. The molecule has 0 saturated carbocycles. The van der Waals surface area contributed by atoms with Gasteiger partial charge in [-0.05, 0) is 35.9 Å². The molecule has 3 N–H and O–H groups in total. The molecule has 0 unspecified atom stereocenters. The number of amides is 1. The van der Waals surface area contributed by atoms with Crippen LogP contribution in [0.5, 0.6) is 0 Å². The van der Waals surface area contributed by atoms with E-state index in [9.17, 15) is 9.59 Å². The van der Waals surface area contributed by atoms with Crippen LogP contribution in [0.1, 0.15) is 22.8 Å². The van der Waals surface area contributed by atoms with E-state index in [-0.39, 0.29) is 11.5 Å². The SMILES string of the molecule is CC(=O)Nc1cccc(NCc2cccc(C(=O)O)c2)c1. The van der Waals surface area contributed by atoms with Crippen molar-refractivity contribution in [3.8, 4) is 0 Å². The van der Waals surface area contributed by atoms with Crippen LogP contribution < -0.4 is 10.6 Å². The average Bonchev–Trinajstić information content (AvgIpc) is 2.45. The lowest BCUT2D eigenvalue weighted by molar-refractivity contribution is -0.114. The number of carboxylic acids is 1. The zero-order valence-electron chi connectivity index (χ0n) is 11.6. The van der Waals surface area contributed by atoms with Gasteiger partial charge < -0.3 is 15.7 Å². The molecule has 21 heavy (non-hydrogen) atoms. The summed E-state index contributed by atoms with van der Waals surface area (Å²) in [5, 5.41) is 14.9. The lowest BCUT2D eigenvalue weighted by Crippen LogP contribution is -2.06. The first-order valence-corrected chi connectivity index (χ1v) is 6.48. The van der Waals surface area contributed by atoms with Crippen LogP contribution in [0, 0.1) is 0 Å². The van der Waals surface area contributed by atoms with Gasteiger partial charge >= 0.3 is 5.97 Å². The van der Waals surface area contributed by atoms with Gasteiger partial charge in [-0.25, -0.2) is 4.79 Å². The average molecular weight is 284 g/mol. The Hall–Kier alpha value is -2.82. The minimum atomic E-state index is -0.940. The second kappa shape index (κ2) is 6.56. The molecule has 0 aliphatic heterocycles. The summed E-state index contributed by atoms with van der Waals surface area (Å²) in [4.78, 5) is 21.9. The molecule has 1 amide bonds. The number of rotatable bonds is 5. The van der Waals surface area contributed by atoms with Gasteiger partial charge in [-0.1, -0.05) is 18.2 Å². The summed E-state index contributed by atoms with van der Waals surface area (Å²) in [5.74, 6) is -1.06. The zero-order chi connectivity index (χ0) is 15.2. The quantitative estimate of drug-likeness (QED) is 0.788. The summed E-state index contributed by atoms with van der Waals surface area (Å²) >= 11 is 0. The third kappa shape index (κ3) is 4.35. The normalized spacial score (nSPS) is 9.95. The van der Waals surface area contributed by atoms with Crippen molar-refractivity contribution in [3.63, 3.8) is 0 Å². The Kier molecular flexibility index (Phi) is 4.56. The maximum atomic E-state index is 11.0. The molecule has 2 rings (SSSR count). The van der Waals surface area contributed by atoms with Crippen LogP contribution in [0.25, 0.3) is 0 Å². The molecule has 0 atom stereocenters. The maximum Gasteiger partial charge on any atom is 0.335 e. The molecule has 2 aromatic rings. The van der Waals surface area contributed by atoms with Gasteiger partial charge in [0.1, 0.15) is 0 Å². The van der Waals surface area contributed by atoms with Crippen LogP contribution in [0.4, 0.5) is 11.4 Å².